The average molecular weight is 1500 g/mol. The van der Waals surface area contributed by atoms with Gasteiger partial charge in [0.05, 0.1) is 67.3 Å². The van der Waals surface area contributed by atoms with Crippen molar-refractivity contribution in [2.45, 2.75) is 176 Å². The highest BCUT2D eigenvalue weighted by atomic mass is 16.5. The number of likely N-dealkylation sites (tertiary alicyclic amines) is 2. The summed E-state index contributed by atoms with van der Waals surface area (Å²) in [6, 6.07) is 34.1. The molecule has 10 N–H and O–H groups in total. The van der Waals surface area contributed by atoms with E-state index in [1.54, 1.807) is 11.8 Å². The van der Waals surface area contributed by atoms with Crippen LogP contribution in [0.25, 0.3) is 67.0 Å². The lowest BCUT2D eigenvalue weighted by atomic mass is 9.81. The number of hydrogen-bond donors (Lipinski definition) is 10. The van der Waals surface area contributed by atoms with Crippen molar-refractivity contribution < 1.29 is 65.9 Å². The molecule has 8 aliphatic rings. The summed E-state index contributed by atoms with van der Waals surface area (Å²) in [6.07, 6.45) is 14.1. The van der Waals surface area contributed by atoms with Crippen LogP contribution in [-0.4, -0.2) is 160 Å². The molecule has 2 saturated carbocycles. The quantitative estimate of drug-likeness (QED) is 0.0357. The SMILES string of the molecule is O=C(Nc1cccc(-c2ccc(-c3ccc(-c4cnc(C5CCCN5)[nH]4)cc3)c3c2C2CCC3C2)c1)C1CCCN1.[2H]C([2H])([2H])[C@]([2H])(NC(=O)OC)C(=O)N1CCCC1c1ncc(-c2ccc(-c3ccc(-c4cccc(NC(=O)C5CCCN5C(=O)[C@]([2H])(C)NC(=O)OC)c4)c4c3C3CCC4C3)cc2)[nH]1.[2H][C@@](C)(NC(=O)OC)C(=O)O. The molecule has 8 unspecified atom stereocenters. The molecule has 4 saturated heterocycles. The van der Waals surface area contributed by atoms with Crippen molar-refractivity contribution in [2.75, 3.05) is 58.1 Å². The van der Waals surface area contributed by atoms with Gasteiger partial charge < -0.3 is 76.3 Å². The zero-order valence-corrected chi connectivity index (χ0v) is 62.3. The fourth-order valence-electron chi connectivity index (χ4n) is 17.5. The van der Waals surface area contributed by atoms with E-state index < -0.39 is 73.1 Å². The number of methoxy groups -OCH3 is 3. The monoisotopic (exact) mass is 1500 g/mol. The molecule has 2 aromatic heterocycles. The van der Waals surface area contributed by atoms with Gasteiger partial charge in [-0.25, -0.2) is 24.4 Å². The van der Waals surface area contributed by atoms with Crippen molar-refractivity contribution in [1.29, 1.82) is 0 Å². The summed E-state index contributed by atoms with van der Waals surface area (Å²) in [4.78, 5) is 116. The van der Waals surface area contributed by atoms with E-state index in [-0.39, 0.29) is 30.9 Å². The number of ether oxygens (including phenoxy) is 3. The lowest BCUT2D eigenvalue weighted by Gasteiger charge is -2.27. The van der Waals surface area contributed by atoms with Crippen LogP contribution in [0.15, 0.2) is 134 Å². The summed E-state index contributed by atoms with van der Waals surface area (Å²) < 4.78 is 60.9. The number of carboxylic acid groups (broad SMARTS) is 1. The largest absolute Gasteiger partial charge is 0.480 e. The maximum atomic E-state index is 13.7. The summed E-state index contributed by atoms with van der Waals surface area (Å²) in [5, 5.41) is 27.3. The molecule has 8 aromatic rings. The van der Waals surface area contributed by atoms with Gasteiger partial charge >= 0.3 is 24.2 Å². The second-order valence-electron chi connectivity index (χ2n) is 29.4. The number of H-pyrrole nitrogens is 2. The summed E-state index contributed by atoms with van der Waals surface area (Å²) in [5.74, 6) is 0.0887. The third-order valence-corrected chi connectivity index (χ3v) is 22.8. The van der Waals surface area contributed by atoms with Crippen molar-refractivity contribution in [3.63, 3.8) is 0 Å². The Hall–Kier alpha value is -11.2. The molecule has 4 aliphatic carbocycles. The second-order valence-corrected chi connectivity index (χ2v) is 29.4. The molecule has 6 fully saturated rings. The number of benzene rings is 6. The average Bonchev–Trinajstić information content (AvgIpc) is 1.58. The highest BCUT2D eigenvalue weighted by molar-refractivity contribution is 6.00. The van der Waals surface area contributed by atoms with Gasteiger partial charge in [0.2, 0.25) is 23.6 Å². The van der Waals surface area contributed by atoms with Crippen LogP contribution in [0, 0.1) is 0 Å². The van der Waals surface area contributed by atoms with E-state index in [2.05, 4.69) is 140 Å². The molecule has 574 valence electrons. The van der Waals surface area contributed by atoms with Crippen LogP contribution in [0.3, 0.4) is 0 Å². The first kappa shape index (κ1) is 68.1. The maximum absolute atomic E-state index is 13.7. The standard InChI is InChI=1S/C45H51N7O7.C35H37N5O.C5H9NO4/c1-25(47-44(56)58-3)42(54)51-20-6-10-36(51)40-46-24-35(50-40)28-14-12-27(13-15-28)33-18-19-34(39-31-17-16-30(22-31)38(33)39)29-8-5-9-32(23-29)49-41(53)37-11-7-21-52(37)43(55)26(2)48-45(57)59-4;41-35(30-7-3-17-37-30)39-26-5-1-4-23(19-26)28-15-14-27(32-24-12-13-25(18-24)33(28)32)21-8-10-22(11-9-21)31-20-38-34(40-31)29-6-2-16-36-29;1-3(4(7)8)6-5(9)10-2/h5,8-9,12-15,18-19,23-26,30-31,36-37H,6-7,10-11,16-17,20-22H2,1-4H3,(H,46,50)(H,47,56)(H,48,57)(H,49,53);1,4-5,8-11,14-15,19-20,24-25,29-30,36-37H,2-3,6-7,12-13,16-18H2,(H,38,40)(H,39,41);3H,1-2H3,(H,6,9)(H,7,8)/t25-,26-,30?,31?,36?,37?;;3-/m0.0/s1/i1D3,25D,26D;;3D. The molecule has 25 nitrogen and oxygen atoms in total. The van der Waals surface area contributed by atoms with Gasteiger partial charge in [-0.05, 0) is 250 Å². The summed E-state index contributed by atoms with van der Waals surface area (Å²) in [7, 11) is 3.27. The van der Waals surface area contributed by atoms with Crippen LogP contribution in [0.4, 0.5) is 25.8 Å². The highest BCUT2D eigenvalue weighted by Crippen LogP contribution is 2.60. The van der Waals surface area contributed by atoms with Crippen LogP contribution < -0.4 is 37.2 Å². The normalized spacial score (nSPS) is 23.5. The van der Waals surface area contributed by atoms with Gasteiger partial charge in [-0.1, -0.05) is 97.1 Å². The Bertz CT molecular complexity index is 5060. The van der Waals surface area contributed by atoms with E-state index in [4.69, 9.17) is 13.3 Å². The molecular formula is C85H97N13O12. The predicted octanol–water partition coefficient (Wildman–Crippen LogP) is 13.6. The van der Waals surface area contributed by atoms with E-state index >= 15 is 0 Å². The topological polar surface area (TPSA) is 333 Å². The number of carboxylic acids is 1. The molecule has 7 amide bonds. The summed E-state index contributed by atoms with van der Waals surface area (Å²) in [6.45, 7) is 1.60. The fraction of sp³-hybridized carbons (Fsp3) is 0.412. The second kappa shape index (κ2) is 33.3. The minimum absolute atomic E-state index is 0.0734. The van der Waals surface area contributed by atoms with Gasteiger partial charge in [-0.15, -0.1) is 0 Å². The fourth-order valence-corrected chi connectivity index (χ4v) is 17.5. The number of aromatic nitrogens is 4. The molecule has 6 aromatic carbocycles. The van der Waals surface area contributed by atoms with E-state index in [0.29, 0.717) is 72.6 Å². The number of carbonyl (C=O) groups excluding carboxylic acids is 7. The number of anilines is 2. The van der Waals surface area contributed by atoms with E-state index in [1.807, 2.05) is 59.3 Å². The van der Waals surface area contributed by atoms with Gasteiger partial charge in [0, 0.05) is 28.6 Å². The van der Waals surface area contributed by atoms with Crippen LogP contribution in [-0.2, 0) is 38.2 Å². The predicted molar refractivity (Wildman–Crippen MR) is 418 cm³/mol. The Morgan fingerprint density at radius 2 is 0.936 bits per heavy atom. The lowest BCUT2D eigenvalue weighted by Crippen LogP contribution is -2.51. The first-order valence-corrected chi connectivity index (χ1v) is 37.9. The van der Waals surface area contributed by atoms with E-state index in [1.165, 1.54) is 86.9 Å². The van der Waals surface area contributed by atoms with Gasteiger partial charge in [-0.3, -0.25) is 24.0 Å². The minimum Gasteiger partial charge on any atom is -0.480 e. The van der Waals surface area contributed by atoms with Crippen LogP contribution in [0.2, 0.25) is 0 Å². The molecule has 4 aliphatic heterocycles. The highest BCUT2D eigenvalue weighted by Gasteiger charge is 2.43. The van der Waals surface area contributed by atoms with Crippen molar-refractivity contribution in [1.82, 2.24) is 56.3 Å². The van der Waals surface area contributed by atoms with Gasteiger partial charge in [-0.2, -0.15) is 0 Å². The lowest BCUT2D eigenvalue weighted by molar-refractivity contribution is -0.139. The summed E-state index contributed by atoms with van der Waals surface area (Å²) in [5.41, 5.74) is 20.5. The first-order chi connectivity index (χ1) is 55.5. The van der Waals surface area contributed by atoms with Crippen molar-refractivity contribution >= 4 is 59.3 Å². The third kappa shape index (κ3) is 16.1. The van der Waals surface area contributed by atoms with Crippen LogP contribution in [0.5, 0.6) is 0 Å². The van der Waals surface area contributed by atoms with Gasteiger partial charge in [0.1, 0.15) is 35.7 Å². The minimum atomic E-state index is -3.17. The van der Waals surface area contributed by atoms with Crippen molar-refractivity contribution in [3.05, 3.63) is 168 Å². The van der Waals surface area contributed by atoms with Crippen molar-refractivity contribution in [3.8, 4) is 67.0 Å². The Kier molecular flexibility index (Phi) is 20.7. The van der Waals surface area contributed by atoms with Crippen LogP contribution in [0.1, 0.15) is 188 Å². The number of imidazole rings is 2. The molecule has 16 rings (SSSR count). The molecule has 0 radical (unpaired) electrons. The first-order valence-electron chi connectivity index (χ1n) is 40.9. The Morgan fingerprint density at radius 3 is 1.43 bits per heavy atom. The van der Waals surface area contributed by atoms with E-state index in [9.17, 15) is 38.4 Å². The zero-order valence-electron chi connectivity index (χ0n) is 68.3. The van der Waals surface area contributed by atoms with Gasteiger partial charge in [0.25, 0.3) is 0 Å². The molecule has 4 bridgehead atoms. The number of alkyl carbamates (subject to hydrolysis) is 3. The number of fused-ring (bicyclic) bond motifs is 10. The van der Waals surface area contributed by atoms with Crippen molar-refractivity contribution in [2.24, 2.45) is 0 Å². The maximum Gasteiger partial charge on any atom is 0.407 e. The molecular weight excluding hydrogens is 1400 g/mol. The Balaban J connectivity index is 0.000000181. The van der Waals surface area contributed by atoms with E-state index in [0.717, 1.165) is 125 Å². The molecule has 0 spiro atoms. The number of nitrogens with one attached hydrogen (secondary N) is 9. The third-order valence-electron chi connectivity index (χ3n) is 22.8. The number of rotatable bonds is 18. The number of aromatic amines is 2. The number of aliphatic carboxylic acids is 1. The Labute approximate surface area is 648 Å². The number of amides is 7. The number of hydrogen-bond acceptors (Lipinski definition) is 15. The number of carbonyl (C=O) groups is 8. The molecule has 6 heterocycles. The molecule has 110 heavy (non-hydrogen) atoms. The summed E-state index contributed by atoms with van der Waals surface area (Å²) >= 11 is 0. The smallest absolute Gasteiger partial charge is 0.407 e. The Morgan fingerprint density at radius 1 is 0.491 bits per heavy atom. The number of nitrogens with zero attached hydrogens (tertiary/aromatic N) is 4. The zero-order chi connectivity index (χ0) is 82.1. The van der Waals surface area contributed by atoms with Gasteiger partial charge in [0.15, 0.2) is 0 Å². The molecule has 11 atom stereocenters. The van der Waals surface area contributed by atoms with Crippen LogP contribution >= 0.6 is 0 Å². The molecule has 25 heteroatoms.